The zero-order valence-electron chi connectivity index (χ0n) is 11.2. The maximum absolute atomic E-state index is 13.5. The Morgan fingerprint density at radius 3 is 2.33 bits per heavy atom. The van der Waals surface area contributed by atoms with E-state index in [2.05, 4.69) is 5.32 Å². The van der Waals surface area contributed by atoms with E-state index >= 15 is 0 Å². The topological polar surface area (TPSA) is 21.3 Å². The summed E-state index contributed by atoms with van der Waals surface area (Å²) in [5, 5.41) is 3.10. The van der Waals surface area contributed by atoms with Gasteiger partial charge in [0.15, 0.2) is 0 Å². The summed E-state index contributed by atoms with van der Waals surface area (Å²) in [6.45, 7) is 1.98. The molecule has 0 amide bonds. The van der Waals surface area contributed by atoms with E-state index in [0.29, 0.717) is 6.42 Å². The Labute approximate surface area is 107 Å². The molecule has 0 aliphatic rings. The van der Waals surface area contributed by atoms with Crippen LogP contribution < -0.4 is 5.32 Å². The molecule has 0 spiro atoms. The predicted octanol–water partition coefficient (Wildman–Crippen LogP) is 2.91. The van der Waals surface area contributed by atoms with Crippen LogP contribution in [0.4, 0.5) is 8.78 Å². The first-order valence-electron chi connectivity index (χ1n) is 6.21. The third-order valence-corrected chi connectivity index (χ3v) is 3.24. The highest BCUT2D eigenvalue weighted by Gasteiger charge is 2.15. The monoisotopic (exact) mass is 257 g/mol. The van der Waals surface area contributed by atoms with Crippen molar-refractivity contribution in [1.82, 2.24) is 5.32 Å². The van der Waals surface area contributed by atoms with Gasteiger partial charge in [-0.3, -0.25) is 0 Å². The average Bonchev–Trinajstić information content (AvgIpc) is 2.37. The zero-order chi connectivity index (χ0) is 13.5. The van der Waals surface area contributed by atoms with Gasteiger partial charge in [0.2, 0.25) is 0 Å². The third kappa shape index (κ3) is 4.35. The van der Waals surface area contributed by atoms with Crippen LogP contribution >= 0.6 is 0 Å². The summed E-state index contributed by atoms with van der Waals surface area (Å²) in [6, 6.07) is 4.02. The van der Waals surface area contributed by atoms with Crippen LogP contribution in [0.3, 0.4) is 0 Å². The molecular formula is C14H21F2NO. The Kier molecular flexibility index (Phi) is 6.22. The number of hydrogen-bond donors (Lipinski definition) is 1. The number of methoxy groups -OCH3 is 1. The molecule has 4 heteroatoms. The SMILES string of the molecule is CNC(CCC(C)OC)Cc1c(F)cccc1F. The molecule has 1 aromatic carbocycles. The molecule has 18 heavy (non-hydrogen) atoms. The van der Waals surface area contributed by atoms with E-state index in [1.165, 1.54) is 18.2 Å². The summed E-state index contributed by atoms with van der Waals surface area (Å²) in [7, 11) is 3.47. The fourth-order valence-corrected chi connectivity index (χ4v) is 1.88. The minimum absolute atomic E-state index is 0.0500. The molecule has 1 rings (SSSR count). The van der Waals surface area contributed by atoms with Gasteiger partial charge in [-0.1, -0.05) is 6.07 Å². The molecule has 2 atom stereocenters. The molecule has 0 saturated heterocycles. The molecule has 0 heterocycles. The highest BCUT2D eigenvalue weighted by Crippen LogP contribution is 2.16. The lowest BCUT2D eigenvalue weighted by Crippen LogP contribution is -2.29. The minimum Gasteiger partial charge on any atom is -0.382 e. The quantitative estimate of drug-likeness (QED) is 0.811. The van der Waals surface area contributed by atoms with Gasteiger partial charge in [0.25, 0.3) is 0 Å². The van der Waals surface area contributed by atoms with Crippen LogP contribution in [-0.4, -0.2) is 26.3 Å². The Morgan fingerprint density at radius 1 is 1.22 bits per heavy atom. The fraction of sp³-hybridized carbons (Fsp3) is 0.571. The van der Waals surface area contributed by atoms with Crippen molar-refractivity contribution in [2.24, 2.45) is 0 Å². The van der Waals surface area contributed by atoms with Crippen molar-refractivity contribution in [3.8, 4) is 0 Å². The first kappa shape index (κ1) is 15.1. The lowest BCUT2D eigenvalue weighted by Gasteiger charge is -2.19. The molecule has 0 aliphatic carbocycles. The Bertz CT molecular complexity index is 351. The van der Waals surface area contributed by atoms with Crippen LogP contribution in [0.2, 0.25) is 0 Å². The number of likely N-dealkylation sites (N-methyl/N-ethyl adjacent to an activating group) is 1. The Balaban J connectivity index is 2.62. The maximum Gasteiger partial charge on any atom is 0.129 e. The van der Waals surface area contributed by atoms with E-state index in [-0.39, 0.29) is 17.7 Å². The van der Waals surface area contributed by atoms with Crippen molar-refractivity contribution >= 4 is 0 Å². The molecule has 102 valence electrons. The summed E-state index contributed by atoms with van der Waals surface area (Å²) in [5.74, 6) is -0.954. The van der Waals surface area contributed by atoms with E-state index in [9.17, 15) is 8.78 Å². The van der Waals surface area contributed by atoms with Crippen molar-refractivity contribution < 1.29 is 13.5 Å². The number of rotatable bonds is 7. The second-order valence-corrected chi connectivity index (χ2v) is 4.51. The van der Waals surface area contributed by atoms with Gasteiger partial charge in [0.05, 0.1) is 6.10 Å². The first-order chi connectivity index (χ1) is 8.58. The van der Waals surface area contributed by atoms with Gasteiger partial charge < -0.3 is 10.1 Å². The smallest absolute Gasteiger partial charge is 0.129 e. The van der Waals surface area contributed by atoms with Gasteiger partial charge in [-0.2, -0.15) is 0 Å². The summed E-state index contributed by atoms with van der Waals surface area (Å²) < 4.78 is 32.2. The second-order valence-electron chi connectivity index (χ2n) is 4.51. The standard InChI is InChI=1S/C14H21F2NO/c1-10(18-3)7-8-11(17-2)9-12-13(15)5-4-6-14(12)16/h4-6,10-11,17H,7-9H2,1-3H3. The number of nitrogens with one attached hydrogen (secondary N) is 1. The lowest BCUT2D eigenvalue weighted by atomic mass is 9.99. The molecule has 0 fully saturated rings. The van der Waals surface area contributed by atoms with Crippen molar-refractivity contribution in [3.05, 3.63) is 35.4 Å². The van der Waals surface area contributed by atoms with E-state index < -0.39 is 11.6 Å². The molecule has 1 N–H and O–H groups in total. The molecule has 1 aromatic rings. The molecule has 0 radical (unpaired) electrons. The number of benzene rings is 1. The summed E-state index contributed by atoms with van der Waals surface area (Å²) >= 11 is 0. The summed E-state index contributed by atoms with van der Waals surface area (Å²) in [6.07, 6.45) is 2.19. The molecule has 0 bridgehead atoms. The van der Waals surface area contributed by atoms with Gasteiger partial charge in [0, 0.05) is 18.7 Å². The number of halogens is 2. The maximum atomic E-state index is 13.5. The summed E-state index contributed by atoms with van der Waals surface area (Å²) in [4.78, 5) is 0. The van der Waals surface area contributed by atoms with Crippen molar-refractivity contribution in [2.75, 3.05) is 14.2 Å². The van der Waals surface area contributed by atoms with Gasteiger partial charge >= 0.3 is 0 Å². The van der Waals surface area contributed by atoms with E-state index in [0.717, 1.165) is 12.8 Å². The largest absolute Gasteiger partial charge is 0.382 e. The Morgan fingerprint density at radius 2 is 1.83 bits per heavy atom. The van der Waals surface area contributed by atoms with Crippen LogP contribution in [-0.2, 0) is 11.2 Å². The van der Waals surface area contributed by atoms with Gasteiger partial charge in [-0.15, -0.1) is 0 Å². The lowest BCUT2D eigenvalue weighted by molar-refractivity contribution is 0.106. The minimum atomic E-state index is -0.477. The highest BCUT2D eigenvalue weighted by atomic mass is 19.1. The molecule has 0 aromatic heterocycles. The van der Waals surface area contributed by atoms with E-state index in [1.807, 2.05) is 6.92 Å². The average molecular weight is 257 g/mol. The van der Waals surface area contributed by atoms with E-state index in [1.54, 1.807) is 14.2 Å². The third-order valence-electron chi connectivity index (χ3n) is 3.24. The highest BCUT2D eigenvalue weighted by molar-refractivity contribution is 5.20. The van der Waals surface area contributed by atoms with Crippen molar-refractivity contribution in [2.45, 2.75) is 38.3 Å². The molecule has 0 aliphatic heterocycles. The van der Waals surface area contributed by atoms with Crippen LogP contribution in [0.1, 0.15) is 25.3 Å². The fourth-order valence-electron chi connectivity index (χ4n) is 1.88. The van der Waals surface area contributed by atoms with Crippen molar-refractivity contribution in [3.63, 3.8) is 0 Å². The Hall–Kier alpha value is -1.00. The van der Waals surface area contributed by atoms with Crippen molar-refractivity contribution in [1.29, 1.82) is 0 Å². The molecule has 0 saturated carbocycles. The molecule has 2 nitrogen and oxygen atoms in total. The zero-order valence-corrected chi connectivity index (χ0v) is 11.2. The second kappa shape index (κ2) is 7.44. The normalized spacial score (nSPS) is 14.5. The van der Waals surface area contributed by atoms with Gasteiger partial charge in [-0.25, -0.2) is 8.78 Å². The molecule has 2 unspecified atom stereocenters. The van der Waals surface area contributed by atoms with Crippen LogP contribution in [0.15, 0.2) is 18.2 Å². The van der Waals surface area contributed by atoms with Crippen LogP contribution in [0.25, 0.3) is 0 Å². The number of ether oxygens (including phenoxy) is 1. The number of hydrogen-bond acceptors (Lipinski definition) is 2. The van der Waals surface area contributed by atoms with Crippen LogP contribution in [0.5, 0.6) is 0 Å². The first-order valence-corrected chi connectivity index (χ1v) is 6.21. The van der Waals surface area contributed by atoms with Gasteiger partial charge in [-0.05, 0) is 45.4 Å². The van der Waals surface area contributed by atoms with Gasteiger partial charge in [0.1, 0.15) is 11.6 Å². The predicted molar refractivity (Wildman–Crippen MR) is 68.6 cm³/mol. The molecular weight excluding hydrogens is 236 g/mol. The summed E-state index contributed by atoms with van der Waals surface area (Å²) in [5.41, 5.74) is 0.155. The van der Waals surface area contributed by atoms with Crippen LogP contribution in [0, 0.1) is 11.6 Å². The van der Waals surface area contributed by atoms with E-state index in [4.69, 9.17) is 4.74 Å².